The quantitative estimate of drug-likeness (QED) is 0.0453. The first-order valence-electron chi connectivity index (χ1n) is 27.6. The summed E-state index contributed by atoms with van der Waals surface area (Å²) in [6.45, 7) is 17.2. The summed E-state index contributed by atoms with van der Waals surface area (Å²) in [4.78, 5) is 23.1. The van der Waals surface area contributed by atoms with Crippen LogP contribution in [0.1, 0.15) is 304 Å². The molecule has 0 fully saturated rings. The standard InChI is InChI=1S/C40H84N.C15H29NO3/c1-5-9-13-17-21-25-29-33-37-41(38-34-30-26-22-18-14-10-6-2,39-35-31-27-23-19-15-11-7-3)40-36-32-28-24-20-16-12-8-4;1-3-4-5-6-7-8-9-10-11-12-14(17)16(2)13-15(18)19/h5-40H2,1-4H3;3-13H2,1-2H3,(H,18,19)/q+1;/p-1. The fraction of sp³-hybridized carbons (Fsp3) is 0.964. The summed E-state index contributed by atoms with van der Waals surface area (Å²) < 4.78 is 1.48. The van der Waals surface area contributed by atoms with E-state index in [0.717, 1.165) is 12.8 Å². The smallest absolute Gasteiger partial charge is 0.222 e. The number of hydrogen-bond donors (Lipinski definition) is 0. The van der Waals surface area contributed by atoms with Crippen molar-refractivity contribution >= 4 is 11.9 Å². The largest absolute Gasteiger partial charge is 0.548 e. The number of nitrogens with zero attached hydrogens (tertiary/aromatic N) is 2. The molecule has 0 saturated carbocycles. The summed E-state index contributed by atoms with van der Waals surface area (Å²) in [5, 5.41) is 10.3. The molecule has 1 amide bonds. The Balaban J connectivity index is 0. The monoisotopic (exact) mass is 849 g/mol. The Kier molecular flexibility index (Phi) is 51.4. The second kappa shape index (κ2) is 50.5. The number of carboxylic acids is 1. The van der Waals surface area contributed by atoms with Gasteiger partial charge in [0, 0.05) is 13.5 Å². The van der Waals surface area contributed by atoms with Crippen molar-refractivity contribution < 1.29 is 19.2 Å². The van der Waals surface area contributed by atoms with Crippen LogP contribution < -0.4 is 5.11 Å². The van der Waals surface area contributed by atoms with Gasteiger partial charge in [-0.3, -0.25) is 4.79 Å². The molecule has 5 heteroatoms. The molecule has 0 aromatic heterocycles. The summed E-state index contributed by atoms with van der Waals surface area (Å²) >= 11 is 0. The van der Waals surface area contributed by atoms with Crippen molar-refractivity contribution in [2.45, 2.75) is 304 Å². The maximum atomic E-state index is 11.5. The molecule has 0 aromatic rings. The average Bonchev–Trinajstić information content (AvgIpc) is 3.24. The molecule has 0 radical (unpaired) electrons. The minimum atomic E-state index is -1.21. The van der Waals surface area contributed by atoms with Crippen molar-refractivity contribution in [2.75, 3.05) is 39.8 Å². The number of carbonyl (C=O) groups is 2. The van der Waals surface area contributed by atoms with E-state index in [1.54, 1.807) is 0 Å². The van der Waals surface area contributed by atoms with Gasteiger partial charge in [0.15, 0.2) is 0 Å². The molecule has 0 aliphatic heterocycles. The van der Waals surface area contributed by atoms with E-state index in [1.807, 2.05) is 0 Å². The molecule has 0 unspecified atom stereocenters. The summed E-state index contributed by atoms with van der Waals surface area (Å²) in [6, 6.07) is 0. The van der Waals surface area contributed by atoms with E-state index >= 15 is 0 Å². The molecular weight excluding hydrogens is 737 g/mol. The highest BCUT2D eigenvalue weighted by Crippen LogP contribution is 2.22. The Hall–Kier alpha value is -1.10. The predicted molar refractivity (Wildman–Crippen MR) is 265 cm³/mol. The molecule has 0 atom stereocenters. The first-order valence-corrected chi connectivity index (χ1v) is 27.6. The molecule has 0 rings (SSSR count). The minimum absolute atomic E-state index is 0.104. The van der Waals surface area contributed by atoms with Crippen LogP contribution in [-0.2, 0) is 9.59 Å². The lowest BCUT2D eigenvalue weighted by atomic mass is 10.0. The van der Waals surface area contributed by atoms with Crippen molar-refractivity contribution in [3.63, 3.8) is 0 Å². The van der Waals surface area contributed by atoms with Gasteiger partial charge in [0.05, 0.1) is 38.7 Å². The van der Waals surface area contributed by atoms with Gasteiger partial charge in [-0.05, 0) is 57.8 Å². The maximum Gasteiger partial charge on any atom is 0.222 e. The Morgan fingerprint density at radius 1 is 0.333 bits per heavy atom. The fourth-order valence-corrected chi connectivity index (χ4v) is 9.05. The average molecular weight is 850 g/mol. The summed E-state index contributed by atoms with van der Waals surface area (Å²) in [6.07, 6.45) is 58.1. The second-order valence-electron chi connectivity index (χ2n) is 19.3. The third-order valence-corrected chi connectivity index (χ3v) is 13.2. The Bertz CT molecular complexity index is 762. The van der Waals surface area contributed by atoms with E-state index in [4.69, 9.17) is 0 Å². The van der Waals surface area contributed by atoms with Crippen LogP contribution in [0.3, 0.4) is 0 Å². The lowest BCUT2D eigenvalue weighted by Crippen LogP contribution is -2.50. The zero-order chi connectivity index (χ0) is 44.5. The van der Waals surface area contributed by atoms with Gasteiger partial charge in [0.2, 0.25) is 5.91 Å². The van der Waals surface area contributed by atoms with Crippen LogP contribution in [0.25, 0.3) is 0 Å². The van der Waals surface area contributed by atoms with E-state index < -0.39 is 5.97 Å². The molecular formula is C55H112N2O3. The summed E-state index contributed by atoms with van der Waals surface area (Å²) in [5.74, 6) is -1.31. The van der Waals surface area contributed by atoms with Gasteiger partial charge in [0.1, 0.15) is 0 Å². The van der Waals surface area contributed by atoms with Gasteiger partial charge in [0.25, 0.3) is 0 Å². The highest BCUT2D eigenvalue weighted by Gasteiger charge is 2.25. The molecule has 0 heterocycles. The molecule has 0 aliphatic carbocycles. The number of hydrogen-bond acceptors (Lipinski definition) is 3. The number of unbranched alkanes of at least 4 members (excludes halogenated alkanes) is 36. The topological polar surface area (TPSA) is 60.4 Å². The Morgan fingerprint density at radius 2 is 0.533 bits per heavy atom. The molecule has 0 N–H and O–H groups in total. The van der Waals surface area contributed by atoms with E-state index in [2.05, 4.69) is 34.6 Å². The van der Waals surface area contributed by atoms with Gasteiger partial charge in [-0.2, -0.15) is 0 Å². The number of amides is 1. The zero-order valence-electron chi connectivity index (χ0n) is 42.4. The zero-order valence-corrected chi connectivity index (χ0v) is 42.4. The first kappa shape index (κ1) is 61.0. The molecule has 5 nitrogen and oxygen atoms in total. The SMILES string of the molecule is CCCCCCCCCCCC(=O)N(C)CC(=O)[O-].CCCCCCCCCC[N+](CCCCCCCCCC)(CCCCCCCCCC)CCCCCCCCCC. The fourth-order valence-electron chi connectivity index (χ4n) is 9.05. The van der Waals surface area contributed by atoms with Gasteiger partial charge in [-0.15, -0.1) is 0 Å². The molecule has 60 heavy (non-hydrogen) atoms. The van der Waals surface area contributed by atoms with Crippen LogP contribution in [0.2, 0.25) is 0 Å². The van der Waals surface area contributed by atoms with E-state index in [1.165, 1.54) is 293 Å². The number of carbonyl (C=O) groups excluding carboxylic acids is 2. The van der Waals surface area contributed by atoms with Crippen molar-refractivity contribution in [2.24, 2.45) is 0 Å². The number of likely N-dealkylation sites (N-methyl/N-ethyl adjacent to an activating group) is 1. The van der Waals surface area contributed by atoms with Crippen LogP contribution in [0.5, 0.6) is 0 Å². The highest BCUT2D eigenvalue weighted by atomic mass is 16.4. The van der Waals surface area contributed by atoms with Gasteiger partial charge >= 0.3 is 0 Å². The van der Waals surface area contributed by atoms with Crippen LogP contribution in [0.4, 0.5) is 0 Å². The number of aliphatic carboxylic acids is 1. The Morgan fingerprint density at radius 3 is 0.750 bits per heavy atom. The highest BCUT2D eigenvalue weighted by molar-refractivity contribution is 5.80. The maximum absolute atomic E-state index is 11.5. The molecule has 0 spiro atoms. The lowest BCUT2D eigenvalue weighted by Gasteiger charge is -2.40. The van der Waals surface area contributed by atoms with E-state index in [-0.39, 0.29) is 12.5 Å². The molecule has 0 saturated heterocycles. The van der Waals surface area contributed by atoms with Crippen LogP contribution in [0, 0.1) is 0 Å². The number of carboxylic acid groups (broad SMARTS) is 1. The summed E-state index contributed by atoms with van der Waals surface area (Å²) in [5.41, 5.74) is 0. The molecule has 0 aromatic carbocycles. The number of rotatable bonds is 48. The third kappa shape index (κ3) is 46.4. The second-order valence-corrected chi connectivity index (χ2v) is 19.3. The van der Waals surface area contributed by atoms with Crippen molar-refractivity contribution in [1.82, 2.24) is 4.90 Å². The van der Waals surface area contributed by atoms with Crippen LogP contribution in [0.15, 0.2) is 0 Å². The summed E-state index contributed by atoms with van der Waals surface area (Å²) in [7, 11) is 1.51. The molecule has 0 bridgehead atoms. The van der Waals surface area contributed by atoms with Gasteiger partial charge in [-0.25, -0.2) is 0 Å². The van der Waals surface area contributed by atoms with E-state index in [0.29, 0.717) is 6.42 Å². The van der Waals surface area contributed by atoms with Crippen LogP contribution >= 0.6 is 0 Å². The minimum Gasteiger partial charge on any atom is -0.548 e. The van der Waals surface area contributed by atoms with E-state index in [9.17, 15) is 14.7 Å². The van der Waals surface area contributed by atoms with Crippen LogP contribution in [-0.4, -0.2) is 61.0 Å². The lowest BCUT2D eigenvalue weighted by molar-refractivity contribution is -0.929. The predicted octanol–water partition coefficient (Wildman–Crippen LogP) is 16.5. The van der Waals surface area contributed by atoms with Gasteiger partial charge < -0.3 is 19.3 Å². The van der Waals surface area contributed by atoms with Crippen molar-refractivity contribution in [1.29, 1.82) is 0 Å². The third-order valence-electron chi connectivity index (χ3n) is 13.2. The normalized spacial score (nSPS) is 11.5. The molecule has 360 valence electrons. The number of quaternary nitrogens is 1. The first-order chi connectivity index (χ1) is 29.3. The molecule has 0 aliphatic rings. The Labute approximate surface area is 378 Å². The van der Waals surface area contributed by atoms with Gasteiger partial charge in [-0.1, -0.05) is 240 Å². The van der Waals surface area contributed by atoms with Crippen molar-refractivity contribution in [3.8, 4) is 0 Å². The van der Waals surface area contributed by atoms with Crippen molar-refractivity contribution in [3.05, 3.63) is 0 Å².